The third-order valence-corrected chi connectivity index (χ3v) is 3.84. The van der Waals surface area contributed by atoms with Gasteiger partial charge in [-0.15, -0.1) is 0 Å². The highest BCUT2D eigenvalue weighted by Gasteiger charge is 2.09. The molecule has 7 heteroatoms. The fourth-order valence-corrected chi connectivity index (χ4v) is 2.14. The number of carbonyl (C=O) groups excluding carboxylic acids is 1. The molecule has 0 saturated heterocycles. The molecule has 0 aliphatic carbocycles. The van der Waals surface area contributed by atoms with Crippen molar-refractivity contribution in [2.75, 3.05) is 33.9 Å². The Kier molecular flexibility index (Phi) is 10.2. The van der Waals surface area contributed by atoms with Crippen molar-refractivity contribution in [3.8, 4) is 5.75 Å². The van der Waals surface area contributed by atoms with Crippen LogP contribution in [0.15, 0.2) is 23.2 Å². The van der Waals surface area contributed by atoms with Crippen molar-refractivity contribution >= 4 is 11.9 Å². The lowest BCUT2D eigenvalue weighted by atomic mass is 10.1. The van der Waals surface area contributed by atoms with Crippen molar-refractivity contribution in [2.45, 2.75) is 39.8 Å². The SMILES string of the molecule is CCC(C)Oc1cc(C)ccc1CNC(=NC)NCC(=O)NCCOC. The second kappa shape index (κ2) is 12.1. The number of methoxy groups -OCH3 is 1. The van der Waals surface area contributed by atoms with Crippen LogP contribution in [0.1, 0.15) is 31.4 Å². The summed E-state index contributed by atoms with van der Waals surface area (Å²) in [6.07, 6.45) is 1.10. The fraction of sp³-hybridized carbons (Fsp3) is 0.579. The van der Waals surface area contributed by atoms with E-state index < -0.39 is 0 Å². The van der Waals surface area contributed by atoms with Crippen LogP contribution in [-0.4, -0.2) is 51.8 Å². The maximum atomic E-state index is 11.7. The molecule has 0 aromatic heterocycles. The van der Waals surface area contributed by atoms with Gasteiger partial charge in [-0.05, 0) is 31.9 Å². The summed E-state index contributed by atoms with van der Waals surface area (Å²) in [5.41, 5.74) is 2.20. The summed E-state index contributed by atoms with van der Waals surface area (Å²) in [5, 5.41) is 8.96. The minimum absolute atomic E-state index is 0.110. The number of carbonyl (C=O) groups is 1. The van der Waals surface area contributed by atoms with Gasteiger partial charge in [-0.3, -0.25) is 9.79 Å². The van der Waals surface area contributed by atoms with E-state index in [4.69, 9.17) is 9.47 Å². The Balaban J connectivity index is 2.56. The van der Waals surface area contributed by atoms with Gasteiger partial charge in [0.1, 0.15) is 5.75 Å². The average Bonchev–Trinajstić information content (AvgIpc) is 2.63. The number of benzene rings is 1. The molecule has 1 rings (SSSR count). The molecule has 0 saturated carbocycles. The largest absolute Gasteiger partial charge is 0.490 e. The number of aliphatic imine (C=N–C) groups is 1. The van der Waals surface area contributed by atoms with Crippen LogP contribution in [0, 0.1) is 6.92 Å². The van der Waals surface area contributed by atoms with E-state index in [2.05, 4.69) is 40.9 Å². The summed E-state index contributed by atoms with van der Waals surface area (Å²) in [6.45, 7) is 7.88. The zero-order chi connectivity index (χ0) is 19.4. The minimum Gasteiger partial charge on any atom is -0.490 e. The van der Waals surface area contributed by atoms with E-state index in [-0.39, 0.29) is 18.6 Å². The number of aryl methyl sites for hydroxylation is 1. The van der Waals surface area contributed by atoms with E-state index >= 15 is 0 Å². The zero-order valence-corrected chi connectivity index (χ0v) is 16.5. The van der Waals surface area contributed by atoms with Crippen LogP contribution in [0.3, 0.4) is 0 Å². The first-order valence-electron chi connectivity index (χ1n) is 8.96. The van der Waals surface area contributed by atoms with Gasteiger partial charge in [0.05, 0.1) is 19.3 Å². The van der Waals surface area contributed by atoms with Crippen LogP contribution in [0.2, 0.25) is 0 Å². The van der Waals surface area contributed by atoms with Crippen molar-refractivity contribution < 1.29 is 14.3 Å². The first-order valence-corrected chi connectivity index (χ1v) is 8.96. The van der Waals surface area contributed by atoms with Crippen LogP contribution in [0.4, 0.5) is 0 Å². The Bertz CT molecular complexity index is 590. The number of hydrogen-bond donors (Lipinski definition) is 3. The minimum atomic E-state index is -0.110. The summed E-state index contributed by atoms with van der Waals surface area (Å²) < 4.78 is 10.9. The number of rotatable bonds is 10. The highest BCUT2D eigenvalue weighted by Crippen LogP contribution is 2.22. The lowest BCUT2D eigenvalue weighted by molar-refractivity contribution is -0.120. The summed E-state index contributed by atoms with van der Waals surface area (Å²) in [6, 6.07) is 6.15. The van der Waals surface area contributed by atoms with E-state index in [0.29, 0.717) is 25.7 Å². The van der Waals surface area contributed by atoms with Gasteiger partial charge in [-0.25, -0.2) is 0 Å². The van der Waals surface area contributed by atoms with Crippen molar-refractivity contribution in [3.05, 3.63) is 29.3 Å². The fourth-order valence-electron chi connectivity index (χ4n) is 2.14. The topological polar surface area (TPSA) is 84.0 Å². The molecule has 0 heterocycles. The van der Waals surface area contributed by atoms with Gasteiger partial charge < -0.3 is 25.4 Å². The van der Waals surface area contributed by atoms with Crippen LogP contribution in [-0.2, 0) is 16.1 Å². The Morgan fingerprint density at radius 2 is 2.04 bits per heavy atom. The summed E-state index contributed by atoms with van der Waals surface area (Å²) in [5.74, 6) is 1.32. The van der Waals surface area contributed by atoms with Gasteiger partial charge in [0.2, 0.25) is 5.91 Å². The zero-order valence-electron chi connectivity index (χ0n) is 16.5. The predicted molar refractivity (Wildman–Crippen MR) is 105 cm³/mol. The molecule has 0 bridgehead atoms. The second-order valence-corrected chi connectivity index (χ2v) is 6.07. The van der Waals surface area contributed by atoms with Crippen molar-refractivity contribution in [1.29, 1.82) is 0 Å². The standard InChI is InChI=1S/C19H32N4O3/c1-6-15(3)26-17-11-14(2)7-8-16(17)12-22-19(20-4)23-13-18(24)21-9-10-25-5/h7-8,11,15H,6,9-10,12-13H2,1-5H3,(H,21,24)(H2,20,22,23). The molecule has 0 aliphatic heterocycles. The van der Waals surface area contributed by atoms with Gasteiger partial charge in [0.15, 0.2) is 5.96 Å². The van der Waals surface area contributed by atoms with Gasteiger partial charge in [0.25, 0.3) is 0 Å². The molecule has 1 unspecified atom stereocenters. The van der Waals surface area contributed by atoms with Crippen molar-refractivity contribution in [3.63, 3.8) is 0 Å². The van der Waals surface area contributed by atoms with Crippen LogP contribution in [0.5, 0.6) is 5.75 Å². The quantitative estimate of drug-likeness (QED) is 0.334. The summed E-state index contributed by atoms with van der Waals surface area (Å²) in [4.78, 5) is 15.9. The second-order valence-electron chi connectivity index (χ2n) is 6.07. The molecule has 3 N–H and O–H groups in total. The van der Waals surface area contributed by atoms with Gasteiger partial charge >= 0.3 is 0 Å². The first kappa shape index (κ1) is 21.8. The van der Waals surface area contributed by atoms with Crippen molar-refractivity contribution in [1.82, 2.24) is 16.0 Å². The van der Waals surface area contributed by atoms with Crippen LogP contribution >= 0.6 is 0 Å². The highest BCUT2D eigenvalue weighted by molar-refractivity contribution is 5.86. The summed E-state index contributed by atoms with van der Waals surface area (Å²) in [7, 11) is 3.27. The molecule has 26 heavy (non-hydrogen) atoms. The molecule has 1 amide bonds. The number of amides is 1. The Hall–Kier alpha value is -2.28. The number of nitrogens with zero attached hydrogens (tertiary/aromatic N) is 1. The number of ether oxygens (including phenoxy) is 2. The Morgan fingerprint density at radius 3 is 2.69 bits per heavy atom. The molecule has 1 aromatic rings. The van der Waals surface area contributed by atoms with E-state index in [9.17, 15) is 4.79 Å². The van der Waals surface area contributed by atoms with E-state index in [1.54, 1.807) is 14.2 Å². The Morgan fingerprint density at radius 1 is 1.27 bits per heavy atom. The lowest BCUT2D eigenvalue weighted by Gasteiger charge is -2.18. The maximum absolute atomic E-state index is 11.7. The predicted octanol–water partition coefficient (Wildman–Crippen LogP) is 1.60. The Labute approximate surface area is 156 Å². The van der Waals surface area contributed by atoms with Crippen LogP contribution in [0.25, 0.3) is 0 Å². The maximum Gasteiger partial charge on any atom is 0.239 e. The third kappa shape index (κ3) is 8.20. The van der Waals surface area contributed by atoms with E-state index in [0.717, 1.165) is 23.3 Å². The number of guanidine groups is 1. The summed E-state index contributed by atoms with van der Waals surface area (Å²) >= 11 is 0. The van der Waals surface area contributed by atoms with Gasteiger partial charge in [-0.1, -0.05) is 19.1 Å². The molecule has 146 valence electrons. The molecule has 1 atom stereocenters. The van der Waals surface area contributed by atoms with Crippen molar-refractivity contribution in [2.24, 2.45) is 4.99 Å². The molecule has 0 spiro atoms. The van der Waals surface area contributed by atoms with Gasteiger partial charge in [0, 0.05) is 32.8 Å². The van der Waals surface area contributed by atoms with Crippen LogP contribution < -0.4 is 20.7 Å². The molecular weight excluding hydrogens is 332 g/mol. The highest BCUT2D eigenvalue weighted by atomic mass is 16.5. The van der Waals surface area contributed by atoms with E-state index in [1.807, 2.05) is 19.1 Å². The normalized spacial score (nSPS) is 12.4. The smallest absolute Gasteiger partial charge is 0.239 e. The monoisotopic (exact) mass is 364 g/mol. The van der Waals surface area contributed by atoms with Gasteiger partial charge in [-0.2, -0.15) is 0 Å². The molecule has 0 fully saturated rings. The molecular formula is C19H32N4O3. The van der Waals surface area contributed by atoms with E-state index in [1.165, 1.54) is 0 Å². The lowest BCUT2D eigenvalue weighted by Crippen LogP contribution is -2.43. The average molecular weight is 364 g/mol. The number of hydrogen-bond acceptors (Lipinski definition) is 4. The molecule has 1 aromatic carbocycles. The third-order valence-electron chi connectivity index (χ3n) is 3.84. The molecule has 7 nitrogen and oxygen atoms in total. The molecule has 0 radical (unpaired) electrons. The first-order chi connectivity index (χ1) is 12.5. The number of nitrogens with one attached hydrogen (secondary N) is 3. The molecule has 0 aliphatic rings.